The van der Waals surface area contributed by atoms with Gasteiger partial charge in [0.1, 0.15) is 0 Å². The second kappa shape index (κ2) is 5.94. The highest BCUT2D eigenvalue weighted by molar-refractivity contribution is 7.89. The van der Waals surface area contributed by atoms with Crippen molar-refractivity contribution in [3.05, 3.63) is 29.8 Å². The van der Waals surface area contributed by atoms with E-state index in [1.54, 1.807) is 0 Å². The van der Waals surface area contributed by atoms with Gasteiger partial charge in [-0.1, -0.05) is 12.1 Å². The van der Waals surface area contributed by atoms with Crippen LogP contribution >= 0.6 is 0 Å². The molecule has 1 fully saturated rings. The summed E-state index contributed by atoms with van der Waals surface area (Å²) in [7, 11) is -3.69. The molecule has 0 saturated carbocycles. The molecule has 21 heavy (non-hydrogen) atoms. The van der Waals surface area contributed by atoms with E-state index in [2.05, 4.69) is 0 Å². The minimum atomic E-state index is -4.31. The maximum atomic E-state index is 12.4. The van der Waals surface area contributed by atoms with Crippen molar-refractivity contribution in [2.75, 3.05) is 13.1 Å². The van der Waals surface area contributed by atoms with Gasteiger partial charge in [0.05, 0.1) is 11.3 Å². The maximum absolute atomic E-state index is 12.4. The Bertz CT molecular complexity index is 584. The van der Waals surface area contributed by atoms with E-state index in [-0.39, 0.29) is 23.0 Å². The SMILES string of the molecule is NCC1CCCN1S(=O)(=O)c1ccc(CC(F)(F)F)cc1. The van der Waals surface area contributed by atoms with Crippen LogP contribution < -0.4 is 5.73 Å². The number of benzene rings is 1. The summed E-state index contributed by atoms with van der Waals surface area (Å²) in [6.45, 7) is 0.639. The first-order valence-corrected chi connectivity index (χ1v) is 8.05. The second-order valence-corrected chi connectivity index (χ2v) is 6.97. The molecule has 1 aliphatic heterocycles. The molecule has 0 radical (unpaired) electrons. The number of hydrogen-bond acceptors (Lipinski definition) is 3. The van der Waals surface area contributed by atoms with Gasteiger partial charge in [-0.3, -0.25) is 0 Å². The summed E-state index contributed by atoms with van der Waals surface area (Å²) in [5.41, 5.74) is 5.60. The lowest BCUT2D eigenvalue weighted by Crippen LogP contribution is -2.39. The number of nitrogens with two attached hydrogens (primary N) is 1. The Kier molecular flexibility index (Phi) is 4.60. The van der Waals surface area contributed by atoms with Crippen molar-refractivity contribution in [3.8, 4) is 0 Å². The van der Waals surface area contributed by atoms with Crippen LogP contribution in [-0.4, -0.2) is 38.0 Å². The number of halogens is 3. The first-order valence-electron chi connectivity index (χ1n) is 6.61. The van der Waals surface area contributed by atoms with Crippen LogP contribution in [0.3, 0.4) is 0 Å². The number of rotatable bonds is 4. The molecule has 1 saturated heterocycles. The zero-order valence-electron chi connectivity index (χ0n) is 11.3. The highest BCUT2D eigenvalue weighted by Crippen LogP contribution is 2.27. The lowest BCUT2D eigenvalue weighted by Gasteiger charge is -2.22. The van der Waals surface area contributed by atoms with Gasteiger partial charge in [0.2, 0.25) is 10.0 Å². The van der Waals surface area contributed by atoms with E-state index >= 15 is 0 Å². The van der Waals surface area contributed by atoms with Gasteiger partial charge < -0.3 is 5.73 Å². The van der Waals surface area contributed by atoms with Gasteiger partial charge in [-0.05, 0) is 30.5 Å². The smallest absolute Gasteiger partial charge is 0.329 e. The molecule has 0 amide bonds. The van der Waals surface area contributed by atoms with E-state index in [9.17, 15) is 21.6 Å². The summed E-state index contributed by atoms with van der Waals surface area (Å²) in [5.74, 6) is 0. The Morgan fingerprint density at radius 2 is 1.86 bits per heavy atom. The molecule has 4 nitrogen and oxygen atoms in total. The van der Waals surface area contributed by atoms with Crippen molar-refractivity contribution < 1.29 is 21.6 Å². The molecular formula is C13H17F3N2O2S. The topological polar surface area (TPSA) is 63.4 Å². The first-order chi connectivity index (χ1) is 9.74. The molecule has 2 rings (SSSR count). The molecule has 1 aliphatic rings. The fourth-order valence-electron chi connectivity index (χ4n) is 2.51. The van der Waals surface area contributed by atoms with Gasteiger partial charge >= 0.3 is 6.18 Å². The Labute approximate surface area is 121 Å². The van der Waals surface area contributed by atoms with Crippen LogP contribution in [0.2, 0.25) is 0 Å². The Morgan fingerprint density at radius 1 is 1.24 bits per heavy atom. The Morgan fingerprint density at radius 3 is 2.38 bits per heavy atom. The van der Waals surface area contributed by atoms with Crippen LogP contribution in [-0.2, 0) is 16.4 Å². The Hall–Kier alpha value is -1.12. The lowest BCUT2D eigenvalue weighted by molar-refractivity contribution is -0.127. The third-order valence-corrected chi connectivity index (χ3v) is 5.50. The number of nitrogens with zero attached hydrogens (tertiary/aromatic N) is 1. The highest BCUT2D eigenvalue weighted by Gasteiger charge is 2.34. The molecule has 1 aromatic carbocycles. The molecule has 1 aromatic rings. The standard InChI is InChI=1S/C13H17F3N2O2S/c14-13(15,16)8-10-3-5-12(6-4-10)21(19,20)18-7-1-2-11(18)9-17/h3-6,11H,1-2,7-9,17H2. The van der Waals surface area contributed by atoms with Gasteiger partial charge in [-0.2, -0.15) is 17.5 Å². The molecule has 118 valence electrons. The number of hydrogen-bond donors (Lipinski definition) is 1. The van der Waals surface area contributed by atoms with Gasteiger partial charge in [0.15, 0.2) is 0 Å². The molecule has 1 heterocycles. The molecule has 0 aliphatic carbocycles. The summed E-state index contributed by atoms with van der Waals surface area (Å²) in [4.78, 5) is 0.00812. The quantitative estimate of drug-likeness (QED) is 0.921. The van der Waals surface area contributed by atoms with Crippen LogP contribution in [0.1, 0.15) is 18.4 Å². The fourth-order valence-corrected chi connectivity index (χ4v) is 4.21. The van der Waals surface area contributed by atoms with Crippen molar-refractivity contribution in [1.82, 2.24) is 4.31 Å². The molecule has 1 atom stereocenters. The molecular weight excluding hydrogens is 305 g/mol. The predicted molar refractivity (Wildman–Crippen MR) is 72.2 cm³/mol. The summed E-state index contributed by atoms with van der Waals surface area (Å²) in [6, 6.07) is 4.62. The molecule has 8 heteroatoms. The van der Waals surface area contributed by atoms with Crippen molar-refractivity contribution in [1.29, 1.82) is 0 Å². The molecule has 0 bridgehead atoms. The van der Waals surface area contributed by atoms with Gasteiger partial charge in [-0.15, -0.1) is 0 Å². The molecule has 0 spiro atoms. The van der Waals surface area contributed by atoms with Crippen LogP contribution in [0.25, 0.3) is 0 Å². The third kappa shape index (κ3) is 3.75. The average molecular weight is 322 g/mol. The van der Waals surface area contributed by atoms with Crippen LogP contribution in [0, 0.1) is 0 Å². The van der Waals surface area contributed by atoms with E-state index in [4.69, 9.17) is 5.73 Å². The van der Waals surface area contributed by atoms with Crippen LogP contribution in [0.5, 0.6) is 0 Å². The van der Waals surface area contributed by atoms with Gasteiger partial charge in [0.25, 0.3) is 0 Å². The van der Waals surface area contributed by atoms with E-state index in [1.165, 1.54) is 28.6 Å². The van der Waals surface area contributed by atoms with Crippen molar-refractivity contribution in [2.24, 2.45) is 5.73 Å². The summed E-state index contributed by atoms with van der Waals surface area (Å²) in [6.07, 6.45) is -3.92. The maximum Gasteiger partial charge on any atom is 0.393 e. The molecule has 0 aromatic heterocycles. The van der Waals surface area contributed by atoms with Gasteiger partial charge in [-0.25, -0.2) is 8.42 Å². The largest absolute Gasteiger partial charge is 0.393 e. The summed E-state index contributed by atoms with van der Waals surface area (Å²) >= 11 is 0. The van der Waals surface area contributed by atoms with Crippen molar-refractivity contribution in [3.63, 3.8) is 0 Å². The van der Waals surface area contributed by atoms with E-state index in [0.717, 1.165) is 6.42 Å². The second-order valence-electron chi connectivity index (χ2n) is 5.08. The van der Waals surface area contributed by atoms with E-state index < -0.39 is 22.6 Å². The predicted octanol–water partition coefficient (Wildman–Crippen LogP) is 1.90. The van der Waals surface area contributed by atoms with E-state index in [0.29, 0.717) is 13.0 Å². The minimum absolute atomic E-state index is 0.00812. The lowest BCUT2D eigenvalue weighted by atomic mass is 10.1. The summed E-state index contributed by atoms with van der Waals surface area (Å²) in [5, 5.41) is 0. The summed E-state index contributed by atoms with van der Waals surface area (Å²) < 4.78 is 63.1. The van der Waals surface area contributed by atoms with Crippen molar-refractivity contribution in [2.45, 2.75) is 36.4 Å². The van der Waals surface area contributed by atoms with Crippen molar-refractivity contribution >= 4 is 10.0 Å². The van der Waals surface area contributed by atoms with Crippen LogP contribution in [0.15, 0.2) is 29.2 Å². The first kappa shape index (κ1) is 16.3. The monoisotopic (exact) mass is 322 g/mol. The zero-order valence-corrected chi connectivity index (χ0v) is 12.1. The highest BCUT2D eigenvalue weighted by atomic mass is 32.2. The molecule has 2 N–H and O–H groups in total. The van der Waals surface area contributed by atoms with E-state index in [1.807, 2.05) is 0 Å². The fraction of sp³-hybridized carbons (Fsp3) is 0.538. The Balaban J connectivity index is 2.21. The third-order valence-electron chi connectivity index (χ3n) is 3.53. The van der Waals surface area contributed by atoms with Crippen LogP contribution in [0.4, 0.5) is 13.2 Å². The number of alkyl halides is 3. The normalized spacial score (nSPS) is 20.9. The van der Waals surface area contributed by atoms with Gasteiger partial charge in [0, 0.05) is 19.1 Å². The number of sulfonamides is 1. The molecule has 1 unspecified atom stereocenters. The average Bonchev–Trinajstić information content (AvgIpc) is 2.86. The zero-order chi connectivity index (χ0) is 15.7. The minimum Gasteiger partial charge on any atom is -0.329 e.